The molecule has 76 valence electrons. The smallest absolute Gasteiger partial charge is 0.266 e. The van der Waals surface area contributed by atoms with Crippen molar-refractivity contribution in [2.45, 2.75) is 0 Å². The molecule has 0 radical (unpaired) electrons. The molecule has 0 atom stereocenters. The molecule has 1 amide bonds. The lowest BCUT2D eigenvalue weighted by Gasteiger charge is -1.98. The molecule has 0 unspecified atom stereocenters. The second-order valence-corrected chi connectivity index (χ2v) is 4.64. The quantitative estimate of drug-likeness (QED) is 0.485. The monoisotopic (exact) mass is 248 g/mol. The highest BCUT2D eigenvalue weighted by Crippen LogP contribution is 2.09. The lowest BCUT2D eigenvalue weighted by atomic mass is 10.5. The number of aromatic nitrogens is 2. The predicted molar refractivity (Wildman–Crippen MR) is 61.8 cm³/mol. The third kappa shape index (κ3) is 3.28. The fraction of sp³-hybridized carbons (Fsp3) is 0.333. The van der Waals surface area contributed by atoms with Crippen molar-refractivity contribution in [1.82, 2.24) is 15.0 Å². The molecule has 0 bridgehead atoms. The van der Waals surface area contributed by atoms with Gasteiger partial charge in [-0.25, -0.2) is 5.43 Å². The summed E-state index contributed by atoms with van der Waals surface area (Å²) in [6, 6.07) is 0. The molecule has 8 heteroatoms. The molecule has 1 heterocycles. The Morgan fingerprint density at radius 1 is 1.57 bits per heavy atom. The van der Waals surface area contributed by atoms with E-state index in [2.05, 4.69) is 20.1 Å². The van der Waals surface area contributed by atoms with Crippen molar-refractivity contribution in [3.63, 3.8) is 0 Å². The van der Waals surface area contributed by atoms with Crippen molar-refractivity contribution in [2.24, 2.45) is 5.10 Å². The molecular formula is C6H8N4OS3. The Morgan fingerprint density at radius 3 is 2.79 bits per heavy atom. The van der Waals surface area contributed by atoms with Gasteiger partial charge in [-0.1, -0.05) is 4.49 Å². The van der Waals surface area contributed by atoms with E-state index in [9.17, 15) is 4.79 Å². The number of hydrogen-bond donors (Lipinski definition) is 1. The van der Waals surface area contributed by atoms with Crippen LogP contribution in [0.1, 0.15) is 9.67 Å². The van der Waals surface area contributed by atoms with E-state index in [-0.39, 0.29) is 5.91 Å². The van der Waals surface area contributed by atoms with Gasteiger partial charge in [-0.3, -0.25) is 4.79 Å². The van der Waals surface area contributed by atoms with Crippen molar-refractivity contribution >= 4 is 45.3 Å². The Kier molecular flexibility index (Phi) is 4.91. The van der Waals surface area contributed by atoms with Gasteiger partial charge in [-0.2, -0.15) is 5.10 Å². The number of carbonyl (C=O) groups is 1. The molecule has 1 aromatic rings. The summed E-state index contributed by atoms with van der Waals surface area (Å²) < 4.78 is 4.38. The van der Waals surface area contributed by atoms with Crippen molar-refractivity contribution < 1.29 is 4.79 Å². The zero-order chi connectivity index (χ0) is 10.4. The lowest BCUT2D eigenvalue weighted by molar-refractivity contribution is 0.0959. The van der Waals surface area contributed by atoms with Gasteiger partial charge in [0.1, 0.15) is 9.25 Å². The molecule has 1 N–H and O–H groups in total. The normalized spacial score (nSPS) is 9.57. The van der Waals surface area contributed by atoms with Gasteiger partial charge in [0.2, 0.25) is 0 Å². The first kappa shape index (κ1) is 11.5. The summed E-state index contributed by atoms with van der Waals surface area (Å²) in [6.45, 7) is 0. The average molecular weight is 248 g/mol. The summed E-state index contributed by atoms with van der Waals surface area (Å²) in [4.78, 5) is 11.8. The number of hydrazone groups is 1. The van der Waals surface area contributed by atoms with Gasteiger partial charge in [0.05, 0.1) is 6.20 Å². The molecule has 1 aromatic heterocycles. The van der Waals surface area contributed by atoms with E-state index in [0.29, 0.717) is 4.88 Å². The van der Waals surface area contributed by atoms with Gasteiger partial charge in [0, 0.05) is 0 Å². The lowest BCUT2D eigenvalue weighted by Crippen LogP contribution is -2.17. The molecule has 1 rings (SSSR count). The molecule has 0 spiro atoms. The van der Waals surface area contributed by atoms with Crippen LogP contribution in [0, 0.1) is 0 Å². The van der Waals surface area contributed by atoms with E-state index in [0.717, 1.165) is 15.9 Å². The molecule has 0 aromatic carbocycles. The van der Waals surface area contributed by atoms with E-state index in [4.69, 9.17) is 0 Å². The Labute approximate surface area is 93.9 Å². The van der Waals surface area contributed by atoms with Crippen LogP contribution in [0.4, 0.5) is 0 Å². The van der Waals surface area contributed by atoms with Crippen LogP contribution in [0.2, 0.25) is 0 Å². The van der Waals surface area contributed by atoms with Gasteiger partial charge in [0.25, 0.3) is 5.91 Å². The molecule has 5 nitrogen and oxygen atoms in total. The maximum absolute atomic E-state index is 11.3. The van der Waals surface area contributed by atoms with Crippen LogP contribution in [0.5, 0.6) is 0 Å². The van der Waals surface area contributed by atoms with Crippen LogP contribution in [-0.4, -0.2) is 32.4 Å². The fourth-order valence-electron chi connectivity index (χ4n) is 0.593. The highest BCUT2D eigenvalue weighted by molar-refractivity contribution is 8.38. The molecule has 0 aliphatic rings. The Hall–Kier alpha value is -0.600. The van der Waals surface area contributed by atoms with Crippen LogP contribution in [0.3, 0.4) is 0 Å². The molecule has 0 fully saturated rings. The van der Waals surface area contributed by atoms with Gasteiger partial charge < -0.3 is 0 Å². The molecule has 0 aliphatic carbocycles. The zero-order valence-corrected chi connectivity index (χ0v) is 10.0. The minimum Gasteiger partial charge on any atom is -0.266 e. The highest BCUT2D eigenvalue weighted by atomic mass is 32.2. The SMILES string of the molecule is CSC(=NNC(=O)c1cnns1)SC. The van der Waals surface area contributed by atoms with Gasteiger partial charge in [0.15, 0.2) is 0 Å². The Bertz CT molecular complexity index is 318. The summed E-state index contributed by atoms with van der Waals surface area (Å²) >= 11 is 4.00. The second kappa shape index (κ2) is 5.99. The van der Waals surface area contributed by atoms with Crippen molar-refractivity contribution in [3.05, 3.63) is 11.1 Å². The first-order chi connectivity index (χ1) is 6.77. The molecule has 0 saturated carbocycles. The van der Waals surface area contributed by atoms with Crippen LogP contribution in [-0.2, 0) is 0 Å². The third-order valence-corrected chi connectivity index (χ3v) is 3.73. The van der Waals surface area contributed by atoms with E-state index in [1.165, 1.54) is 29.7 Å². The molecule has 0 saturated heterocycles. The van der Waals surface area contributed by atoms with Crippen molar-refractivity contribution in [1.29, 1.82) is 0 Å². The summed E-state index contributed by atoms with van der Waals surface area (Å²) in [5.41, 5.74) is 2.42. The van der Waals surface area contributed by atoms with Crippen molar-refractivity contribution in [2.75, 3.05) is 12.5 Å². The Balaban J connectivity index is 2.54. The maximum atomic E-state index is 11.3. The number of thioether (sulfide) groups is 2. The summed E-state index contributed by atoms with van der Waals surface area (Å²) in [5, 5.41) is 7.47. The first-order valence-corrected chi connectivity index (χ1v) is 6.73. The number of hydrogen-bond acceptors (Lipinski definition) is 7. The summed E-state index contributed by atoms with van der Waals surface area (Å²) in [6.07, 6.45) is 5.21. The zero-order valence-electron chi connectivity index (χ0n) is 7.55. The Morgan fingerprint density at radius 2 is 2.29 bits per heavy atom. The van der Waals surface area contributed by atoms with E-state index < -0.39 is 0 Å². The third-order valence-electron chi connectivity index (χ3n) is 1.18. The van der Waals surface area contributed by atoms with E-state index >= 15 is 0 Å². The molecule has 14 heavy (non-hydrogen) atoms. The van der Waals surface area contributed by atoms with Crippen LogP contribution in [0.25, 0.3) is 0 Å². The van der Waals surface area contributed by atoms with Gasteiger partial charge in [-0.05, 0) is 24.0 Å². The van der Waals surface area contributed by atoms with Crippen molar-refractivity contribution in [3.8, 4) is 0 Å². The summed E-state index contributed by atoms with van der Waals surface area (Å²) in [7, 11) is 0. The minimum atomic E-state index is -0.277. The predicted octanol–water partition coefficient (Wildman–Crippen LogP) is 1.26. The summed E-state index contributed by atoms with van der Waals surface area (Å²) in [5.74, 6) is -0.277. The number of amides is 1. The largest absolute Gasteiger partial charge is 0.284 e. The van der Waals surface area contributed by atoms with E-state index in [1.54, 1.807) is 0 Å². The number of nitrogens with one attached hydrogen (secondary N) is 1. The molecule has 0 aliphatic heterocycles. The fourth-order valence-corrected chi connectivity index (χ4v) is 1.94. The second-order valence-electron chi connectivity index (χ2n) is 2.01. The van der Waals surface area contributed by atoms with E-state index in [1.807, 2.05) is 12.5 Å². The average Bonchev–Trinajstić information content (AvgIpc) is 2.72. The first-order valence-electron chi connectivity index (χ1n) is 3.51. The standard InChI is InChI=1S/C6H8N4OS3/c1-12-6(13-2)9-8-5(11)4-3-7-10-14-4/h3H,1-2H3,(H,8,11). The number of nitrogens with zero attached hydrogens (tertiary/aromatic N) is 3. The van der Waals surface area contributed by atoms with Crippen LogP contribution in [0.15, 0.2) is 11.3 Å². The number of carbonyl (C=O) groups excluding carboxylic acids is 1. The topological polar surface area (TPSA) is 67.2 Å². The highest BCUT2D eigenvalue weighted by Gasteiger charge is 2.07. The van der Waals surface area contributed by atoms with Crippen LogP contribution >= 0.6 is 35.1 Å². The van der Waals surface area contributed by atoms with Crippen LogP contribution < -0.4 is 5.43 Å². The minimum absolute atomic E-state index is 0.277. The number of rotatable bonds is 2. The maximum Gasteiger partial charge on any atom is 0.284 e. The van der Waals surface area contributed by atoms with Gasteiger partial charge in [-0.15, -0.1) is 28.6 Å². The van der Waals surface area contributed by atoms with Gasteiger partial charge >= 0.3 is 0 Å². The molecular weight excluding hydrogens is 240 g/mol.